The van der Waals surface area contributed by atoms with Crippen molar-refractivity contribution in [3.63, 3.8) is 0 Å². The van der Waals surface area contributed by atoms with Gasteiger partial charge in [0.15, 0.2) is 5.65 Å². The molecule has 6 heteroatoms. The van der Waals surface area contributed by atoms with E-state index in [1.54, 1.807) is 6.20 Å². The normalized spacial score (nSPS) is 11.1. The van der Waals surface area contributed by atoms with Gasteiger partial charge in [-0.2, -0.15) is 0 Å². The highest BCUT2D eigenvalue weighted by Gasteiger charge is 2.17. The fourth-order valence-electron chi connectivity index (χ4n) is 2.61. The number of H-pyrrole nitrogens is 1. The molecule has 3 aromatic heterocycles. The summed E-state index contributed by atoms with van der Waals surface area (Å²) in [6, 6.07) is 9.83. The Hall–Kier alpha value is -3.15. The summed E-state index contributed by atoms with van der Waals surface area (Å²) in [6.07, 6.45) is 4.74. The van der Waals surface area contributed by atoms with Crippen molar-refractivity contribution < 1.29 is 4.52 Å². The molecule has 4 rings (SSSR count). The van der Waals surface area contributed by atoms with Crippen LogP contribution in [0.4, 0.5) is 0 Å². The van der Waals surface area contributed by atoms with E-state index < -0.39 is 0 Å². The van der Waals surface area contributed by atoms with Crippen molar-refractivity contribution in [2.24, 2.45) is 0 Å². The van der Waals surface area contributed by atoms with Gasteiger partial charge in [0.25, 0.3) is 5.56 Å². The highest BCUT2D eigenvalue weighted by Crippen LogP contribution is 2.24. The van der Waals surface area contributed by atoms with E-state index in [4.69, 9.17) is 4.52 Å². The molecule has 0 unspecified atom stereocenters. The summed E-state index contributed by atoms with van der Waals surface area (Å²) in [5, 5.41) is 6.63. The Kier molecular flexibility index (Phi) is 2.69. The Bertz CT molecular complexity index is 998. The van der Waals surface area contributed by atoms with E-state index in [1.807, 2.05) is 37.3 Å². The smallest absolute Gasteiger partial charge is 0.280 e. The van der Waals surface area contributed by atoms with E-state index in [1.165, 1.54) is 17.0 Å². The number of benzene rings is 1. The first-order valence-electron chi connectivity index (χ1n) is 6.81. The first-order valence-corrected chi connectivity index (χ1v) is 6.81. The van der Waals surface area contributed by atoms with Crippen LogP contribution in [-0.2, 0) is 0 Å². The second-order valence-corrected chi connectivity index (χ2v) is 5.00. The summed E-state index contributed by atoms with van der Waals surface area (Å²) in [5.74, 6) is 0. The molecule has 22 heavy (non-hydrogen) atoms. The SMILES string of the molecule is Cc1nc2c(-c3ccccc3)c[nH]n2c(=O)c1-c1cnoc1. The maximum atomic E-state index is 12.7. The zero-order chi connectivity index (χ0) is 15.1. The monoisotopic (exact) mass is 292 g/mol. The molecule has 0 saturated heterocycles. The predicted octanol–water partition coefficient (Wildman–Crippen LogP) is 2.65. The molecule has 1 N–H and O–H groups in total. The van der Waals surface area contributed by atoms with Gasteiger partial charge in [0.05, 0.1) is 17.5 Å². The van der Waals surface area contributed by atoms with E-state index in [2.05, 4.69) is 15.2 Å². The number of hydrogen-bond donors (Lipinski definition) is 1. The van der Waals surface area contributed by atoms with Crippen molar-refractivity contribution in [3.05, 3.63) is 65.0 Å². The topological polar surface area (TPSA) is 76.2 Å². The minimum Gasteiger partial charge on any atom is -0.364 e. The van der Waals surface area contributed by atoms with Gasteiger partial charge >= 0.3 is 0 Å². The Balaban J connectivity index is 2.02. The summed E-state index contributed by atoms with van der Waals surface area (Å²) in [4.78, 5) is 17.3. The van der Waals surface area contributed by atoms with Crippen molar-refractivity contribution in [2.45, 2.75) is 6.92 Å². The second-order valence-electron chi connectivity index (χ2n) is 5.00. The summed E-state index contributed by atoms with van der Waals surface area (Å²) in [6.45, 7) is 1.81. The van der Waals surface area contributed by atoms with Gasteiger partial charge in [0.2, 0.25) is 0 Å². The number of rotatable bonds is 2. The van der Waals surface area contributed by atoms with E-state index >= 15 is 0 Å². The summed E-state index contributed by atoms with van der Waals surface area (Å²) in [5.41, 5.74) is 4.08. The van der Waals surface area contributed by atoms with E-state index in [0.717, 1.165) is 11.1 Å². The third-order valence-electron chi connectivity index (χ3n) is 3.65. The van der Waals surface area contributed by atoms with Crippen LogP contribution >= 0.6 is 0 Å². The number of nitrogens with one attached hydrogen (secondary N) is 1. The third-order valence-corrected chi connectivity index (χ3v) is 3.65. The second kappa shape index (κ2) is 4.70. The van der Waals surface area contributed by atoms with Gasteiger partial charge in [0, 0.05) is 17.3 Å². The average molecular weight is 292 g/mol. The van der Waals surface area contributed by atoms with Crippen molar-refractivity contribution in [3.8, 4) is 22.3 Å². The minimum absolute atomic E-state index is 0.173. The predicted molar refractivity (Wildman–Crippen MR) is 81.5 cm³/mol. The molecule has 0 aliphatic heterocycles. The van der Waals surface area contributed by atoms with Crippen LogP contribution in [0.25, 0.3) is 27.9 Å². The lowest BCUT2D eigenvalue weighted by molar-refractivity contribution is 0.420. The van der Waals surface area contributed by atoms with E-state index in [0.29, 0.717) is 22.5 Å². The first-order chi connectivity index (χ1) is 10.8. The number of hydrogen-bond acceptors (Lipinski definition) is 4. The van der Waals surface area contributed by atoms with Crippen LogP contribution in [0.2, 0.25) is 0 Å². The number of fused-ring (bicyclic) bond motifs is 1. The lowest BCUT2D eigenvalue weighted by Crippen LogP contribution is -2.18. The Morgan fingerprint density at radius 1 is 1.18 bits per heavy atom. The van der Waals surface area contributed by atoms with Crippen LogP contribution in [0.5, 0.6) is 0 Å². The van der Waals surface area contributed by atoms with Crippen LogP contribution in [0.3, 0.4) is 0 Å². The van der Waals surface area contributed by atoms with Crippen LogP contribution in [0.1, 0.15) is 5.69 Å². The van der Waals surface area contributed by atoms with E-state index in [-0.39, 0.29) is 5.56 Å². The van der Waals surface area contributed by atoms with Gasteiger partial charge in [0.1, 0.15) is 6.26 Å². The molecule has 108 valence electrons. The van der Waals surface area contributed by atoms with Crippen molar-refractivity contribution in [1.82, 2.24) is 19.8 Å². The zero-order valence-corrected chi connectivity index (χ0v) is 11.8. The Labute approximate surface area is 125 Å². The molecule has 6 nitrogen and oxygen atoms in total. The lowest BCUT2D eigenvalue weighted by atomic mass is 10.1. The van der Waals surface area contributed by atoms with Gasteiger partial charge in [-0.1, -0.05) is 35.5 Å². The maximum Gasteiger partial charge on any atom is 0.280 e. The van der Waals surface area contributed by atoms with Crippen molar-refractivity contribution >= 4 is 5.65 Å². The fraction of sp³-hybridized carbons (Fsp3) is 0.0625. The molecule has 4 aromatic rings. The standard InChI is InChI=1S/C16H12N4O2/c1-10-14(12-7-18-22-9-12)16(21)20-15(19-10)13(8-17-20)11-5-3-2-4-6-11/h2-9,17H,1H3. The number of aromatic nitrogens is 4. The number of nitrogens with zero attached hydrogens (tertiary/aromatic N) is 3. The molecule has 0 aliphatic carbocycles. The Morgan fingerprint density at radius 3 is 2.73 bits per heavy atom. The quantitative estimate of drug-likeness (QED) is 0.616. The summed E-state index contributed by atoms with van der Waals surface area (Å²) < 4.78 is 6.27. The molecular formula is C16H12N4O2. The molecule has 0 fully saturated rings. The molecular weight excluding hydrogens is 280 g/mol. The average Bonchev–Trinajstić information content (AvgIpc) is 3.18. The van der Waals surface area contributed by atoms with Crippen molar-refractivity contribution in [1.29, 1.82) is 0 Å². The van der Waals surface area contributed by atoms with Gasteiger partial charge in [-0.25, -0.2) is 9.50 Å². The highest BCUT2D eigenvalue weighted by molar-refractivity contribution is 5.78. The van der Waals surface area contributed by atoms with Crippen LogP contribution < -0.4 is 5.56 Å². The first kappa shape index (κ1) is 12.6. The van der Waals surface area contributed by atoms with Gasteiger partial charge in [-0.05, 0) is 12.5 Å². The molecule has 1 aromatic carbocycles. The molecule has 0 amide bonds. The van der Waals surface area contributed by atoms with Crippen LogP contribution in [-0.4, -0.2) is 19.8 Å². The fourth-order valence-corrected chi connectivity index (χ4v) is 2.61. The van der Waals surface area contributed by atoms with Crippen LogP contribution in [0.15, 0.2) is 58.3 Å². The van der Waals surface area contributed by atoms with Gasteiger partial charge < -0.3 is 4.52 Å². The minimum atomic E-state index is -0.173. The van der Waals surface area contributed by atoms with Gasteiger partial charge in [-0.15, -0.1) is 0 Å². The Morgan fingerprint density at radius 2 is 2.00 bits per heavy atom. The van der Waals surface area contributed by atoms with Crippen molar-refractivity contribution in [2.75, 3.05) is 0 Å². The summed E-state index contributed by atoms with van der Waals surface area (Å²) >= 11 is 0. The lowest BCUT2D eigenvalue weighted by Gasteiger charge is -2.04. The highest BCUT2D eigenvalue weighted by atomic mass is 16.5. The molecule has 0 bridgehead atoms. The molecule has 3 heterocycles. The molecule has 0 atom stereocenters. The zero-order valence-electron chi connectivity index (χ0n) is 11.8. The van der Waals surface area contributed by atoms with Crippen LogP contribution in [0, 0.1) is 6.92 Å². The van der Waals surface area contributed by atoms with E-state index in [9.17, 15) is 4.79 Å². The molecule has 0 saturated carbocycles. The number of aromatic amines is 1. The molecule has 0 spiro atoms. The molecule has 0 aliphatic rings. The number of aryl methyl sites for hydroxylation is 1. The molecule has 0 radical (unpaired) electrons. The summed E-state index contributed by atoms with van der Waals surface area (Å²) in [7, 11) is 0. The third kappa shape index (κ3) is 1.77. The maximum absolute atomic E-state index is 12.7. The van der Waals surface area contributed by atoms with Gasteiger partial charge in [-0.3, -0.25) is 9.89 Å². The largest absolute Gasteiger partial charge is 0.364 e.